The topological polar surface area (TPSA) is 45.2 Å². The van der Waals surface area contributed by atoms with Crippen molar-refractivity contribution in [3.63, 3.8) is 0 Å². The predicted octanol–water partition coefficient (Wildman–Crippen LogP) is 3.33. The molecule has 0 aliphatic heterocycles. The number of benzene rings is 2. The van der Waals surface area contributed by atoms with E-state index in [2.05, 4.69) is 10.3 Å². The molecule has 24 heavy (non-hydrogen) atoms. The van der Waals surface area contributed by atoms with Crippen LogP contribution in [0.4, 0.5) is 13.9 Å². The molecule has 0 atom stereocenters. The number of rotatable bonds is 5. The number of hydrogen-bond donors (Lipinski definition) is 1. The Bertz CT molecular complexity index is 828. The highest BCUT2D eigenvalue weighted by Gasteiger charge is 2.14. The van der Waals surface area contributed by atoms with Crippen LogP contribution >= 0.6 is 11.3 Å². The molecule has 7 heteroatoms. The molecule has 4 nitrogen and oxygen atoms in total. The quantitative estimate of drug-likeness (QED) is 0.770. The number of carbonyl (C=O) groups is 1. The molecule has 3 aromatic rings. The zero-order valence-electron chi connectivity index (χ0n) is 12.9. The Labute approximate surface area is 141 Å². The molecular weight excluding hydrogens is 332 g/mol. The maximum Gasteiger partial charge on any atom is 0.239 e. The average Bonchev–Trinajstić information content (AvgIpc) is 2.98. The van der Waals surface area contributed by atoms with Crippen molar-refractivity contribution < 1.29 is 13.6 Å². The van der Waals surface area contributed by atoms with Crippen molar-refractivity contribution >= 4 is 32.6 Å². The fourth-order valence-electron chi connectivity index (χ4n) is 2.25. The minimum atomic E-state index is -0.671. The second-order valence-corrected chi connectivity index (χ2v) is 6.31. The minimum Gasteiger partial charge on any atom is -0.350 e. The van der Waals surface area contributed by atoms with Crippen molar-refractivity contribution in [2.24, 2.45) is 0 Å². The summed E-state index contributed by atoms with van der Waals surface area (Å²) < 4.78 is 28.1. The first kappa shape index (κ1) is 16.3. The Morgan fingerprint density at radius 1 is 1.17 bits per heavy atom. The van der Waals surface area contributed by atoms with Crippen molar-refractivity contribution in [1.29, 1.82) is 0 Å². The number of para-hydroxylation sites is 1. The molecule has 0 radical (unpaired) electrons. The van der Waals surface area contributed by atoms with Gasteiger partial charge in [-0.1, -0.05) is 29.5 Å². The van der Waals surface area contributed by atoms with Crippen LogP contribution < -0.4 is 10.2 Å². The summed E-state index contributed by atoms with van der Waals surface area (Å²) >= 11 is 1.48. The number of aromatic nitrogens is 1. The van der Waals surface area contributed by atoms with E-state index in [-0.39, 0.29) is 24.6 Å². The predicted molar refractivity (Wildman–Crippen MR) is 91.1 cm³/mol. The van der Waals surface area contributed by atoms with Gasteiger partial charge in [-0.2, -0.15) is 0 Å². The molecule has 0 saturated heterocycles. The molecule has 3 rings (SSSR count). The molecule has 0 fully saturated rings. The number of nitrogens with zero attached hydrogens (tertiary/aromatic N) is 2. The van der Waals surface area contributed by atoms with Gasteiger partial charge in [-0.3, -0.25) is 4.79 Å². The standard InChI is InChI=1S/C17H15F2N3OS/c1-22(17-21-14-7-2-3-8-15(14)24-17)10-16(23)20-9-11-12(18)5-4-6-13(11)19/h2-8H,9-10H2,1H3,(H,20,23). The van der Waals surface area contributed by atoms with Crippen LogP contribution in [0.5, 0.6) is 0 Å². The fraction of sp³-hybridized carbons (Fsp3) is 0.176. The van der Waals surface area contributed by atoms with Gasteiger partial charge in [0.1, 0.15) is 11.6 Å². The Balaban J connectivity index is 1.62. The second kappa shape index (κ2) is 6.92. The number of fused-ring (bicyclic) bond motifs is 1. The number of halogens is 2. The number of nitrogens with one attached hydrogen (secondary N) is 1. The molecule has 124 valence electrons. The number of carbonyl (C=O) groups excluding carboxylic acids is 1. The number of thiazole rings is 1. The lowest BCUT2D eigenvalue weighted by Gasteiger charge is -2.15. The van der Waals surface area contributed by atoms with Gasteiger partial charge in [0.05, 0.1) is 16.8 Å². The van der Waals surface area contributed by atoms with Crippen LogP contribution in [-0.2, 0) is 11.3 Å². The minimum absolute atomic E-state index is 0.0515. The van der Waals surface area contributed by atoms with E-state index in [0.29, 0.717) is 5.13 Å². The molecular formula is C17H15F2N3OS. The van der Waals surface area contributed by atoms with Gasteiger partial charge in [0.2, 0.25) is 5.91 Å². The lowest BCUT2D eigenvalue weighted by molar-refractivity contribution is -0.119. The van der Waals surface area contributed by atoms with E-state index >= 15 is 0 Å². The largest absolute Gasteiger partial charge is 0.350 e. The fourth-order valence-corrected chi connectivity index (χ4v) is 3.18. The van der Waals surface area contributed by atoms with Gasteiger partial charge in [-0.05, 0) is 24.3 Å². The van der Waals surface area contributed by atoms with Crippen LogP contribution in [0.15, 0.2) is 42.5 Å². The van der Waals surface area contributed by atoms with E-state index in [0.717, 1.165) is 22.3 Å². The van der Waals surface area contributed by atoms with Gasteiger partial charge < -0.3 is 10.2 Å². The Hall–Kier alpha value is -2.54. The van der Waals surface area contributed by atoms with Crippen molar-refractivity contribution in [1.82, 2.24) is 10.3 Å². The first-order valence-corrected chi connectivity index (χ1v) is 8.12. The Kier molecular flexibility index (Phi) is 4.71. The molecule has 0 bridgehead atoms. The number of anilines is 1. The van der Waals surface area contributed by atoms with E-state index < -0.39 is 11.6 Å². The van der Waals surface area contributed by atoms with Gasteiger partial charge in [0.25, 0.3) is 0 Å². The third kappa shape index (κ3) is 3.51. The highest BCUT2D eigenvalue weighted by molar-refractivity contribution is 7.22. The highest BCUT2D eigenvalue weighted by Crippen LogP contribution is 2.27. The van der Waals surface area contributed by atoms with Crippen molar-refractivity contribution in [2.45, 2.75) is 6.54 Å². The summed E-state index contributed by atoms with van der Waals surface area (Å²) in [6.07, 6.45) is 0. The zero-order chi connectivity index (χ0) is 17.1. The third-order valence-electron chi connectivity index (χ3n) is 3.51. The molecule has 0 spiro atoms. The summed E-state index contributed by atoms with van der Waals surface area (Å²) in [4.78, 5) is 18.2. The lowest BCUT2D eigenvalue weighted by Crippen LogP contribution is -2.35. The van der Waals surface area contributed by atoms with Crippen LogP contribution in [0.3, 0.4) is 0 Å². The van der Waals surface area contributed by atoms with E-state index in [4.69, 9.17) is 0 Å². The van der Waals surface area contributed by atoms with Gasteiger partial charge in [0, 0.05) is 19.2 Å². The summed E-state index contributed by atoms with van der Waals surface area (Å²) in [5.74, 6) is -1.68. The average molecular weight is 347 g/mol. The molecule has 0 unspecified atom stereocenters. The van der Waals surface area contributed by atoms with E-state index in [9.17, 15) is 13.6 Å². The molecule has 0 aliphatic rings. The van der Waals surface area contributed by atoms with E-state index in [1.165, 1.54) is 17.4 Å². The molecule has 1 aromatic heterocycles. The van der Waals surface area contributed by atoms with Crippen molar-refractivity contribution in [3.05, 3.63) is 59.7 Å². The summed E-state index contributed by atoms with van der Waals surface area (Å²) in [7, 11) is 1.75. The Morgan fingerprint density at radius 3 is 2.58 bits per heavy atom. The molecule has 1 amide bonds. The lowest BCUT2D eigenvalue weighted by atomic mass is 10.2. The monoisotopic (exact) mass is 347 g/mol. The van der Waals surface area contributed by atoms with Crippen LogP contribution in [0, 0.1) is 11.6 Å². The van der Waals surface area contributed by atoms with Crippen LogP contribution in [0.25, 0.3) is 10.2 Å². The summed E-state index contributed by atoms with van der Waals surface area (Å²) in [6.45, 7) is -0.138. The second-order valence-electron chi connectivity index (χ2n) is 5.30. The van der Waals surface area contributed by atoms with Gasteiger partial charge in [-0.25, -0.2) is 13.8 Å². The smallest absolute Gasteiger partial charge is 0.239 e. The van der Waals surface area contributed by atoms with Crippen LogP contribution in [-0.4, -0.2) is 24.5 Å². The molecule has 1 N–H and O–H groups in total. The third-order valence-corrected chi connectivity index (χ3v) is 4.66. The van der Waals surface area contributed by atoms with Gasteiger partial charge >= 0.3 is 0 Å². The van der Waals surface area contributed by atoms with Crippen LogP contribution in [0.2, 0.25) is 0 Å². The van der Waals surface area contributed by atoms with Crippen LogP contribution in [0.1, 0.15) is 5.56 Å². The molecule has 0 aliphatic carbocycles. The van der Waals surface area contributed by atoms with Crippen molar-refractivity contribution in [2.75, 3.05) is 18.5 Å². The van der Waals surface area contributed by atoms with E-state index in [1.807, 2.05) is 24.3 Å². The maximum absolute atomic E-state index is 13.5. The maximum atomic E-state index is 13.5. The first-order chi connectivity index (χ1) is 11.5. The highest BCUT2D eigenvalue weighted by atomic mass is 32.1. The Morgan fingerprint density at radius 2 is 1.88 bits per heavy atom. The molecule has 2 aromatic carbocycles. The number of hydrogen-bond acceptors (Lipinski definition) is 4. The SMILES string of the molecule is CN(CC(=O)NCc1c(F)cccc1F)c1nc2ccccc2s1. The zero-order valence-corrected chi connectivity index (χ0v) is 13.7. The van der Waals surface area contributed by atoms with E-state index in [1.54, 1.807) is 11.9 Å². The van der Waals surface area contributed by atoms with Gasteiger partial charge in [-0.15, -0.1) is 0 Å². The first-order valence-electron chi connectivity index (χ1n) is 7.31. The summed E-state index contributed by atoms with van der Waals surface area (Å²) in [5, 5.41) is 3.24. The van der Waals surface area contributed by atoms with Gasteiger partial charge in [0.15, 0.2) is 5.13 Å². The number of likely N-dealkylation sites (N-methyl/N-ethyl adjacent to an activating group) is 1. The normalized spacial score (nSPS) is 10.8. The molecule has 0 saturated carbocycles. The molecule has 1 heterocycles. The summed E-state index contributed by atoms with van der Waals surface area (Å²) in [5.41, 5.74) is 0.728. The van der Waals surface area contributed by atoms with Crippen molar-refractivity contribution in [3.8, 4) is 0 Å². The number of amides is 1. The summed E-state index contributed by atoms with van der Waals surface area (Å²) in [6, 6.07) is 11.3.